The fourth-order valence-electron chi connectivity index (χ4n) is 3.73. The number of H-pyrrole nitrogens is 1. The second-order valence-corrected chi connectivity index (χ2v) is 10.8. The van der Waals surface area contributed by atoms with E-state index in [-0.39, 0.29) is 33.0 Å². The van der Waals surface area contributed by atoms with Crippen molar-refractivity contribution in [3.05, 3.63) is 70.5 Å². The molecule has 2 aromatic carbocycles. The van der Waals surface area contributed by atoms with Gasteiger partial charge < -0.3 is 10.3 Å². The lowest BCUT2D eigenvalue weighted by atomic mass is 10.1. The number of hydrogen-bond donors (Lipinski definition) is 2. The lowest BCUT2D eigenvalue weighted by molar-refractivity contribution is -0.113. The number of anilines is 1. The molecule has 180 valence electrons. The summed E-state index contributed by atoms with van der Waals surface area (Å²) in [6.45, 7) is 1.05. The van der Waals surface area contributed by atoms with Gasteiger partial charge in [0.2, 0.25) is 15.9 Å². The number of thioether (sulfide) groups is 1. The zero-order chi connectivity index (χ0) is 24.8. The van der Waals surface area contributed by atoms with Gasteiger partial charge >= 0.3 is 0 Å². The van der Waals surface area contributed by atoms with Crippen molar-refractivity contribution < 1.29 is 13.2 Å². The van der Waals surface area contributed by atoms with Crippen molar-refractivity contribution in [3.63, 3.8) is 0 Å². The number of benzene rings is 2. The van der Waals surface area contributed by atoms with Gasteiger partial charge in [-0.25, -0.2) is 13.4 Å². The predicted octanol–water partition coefficient (Wildman–Crippen LogP) is 3.21. The van der Waals surface area contributed by atoms with Crippen LogP contribution in [0, 0.1) is 11.3 Å². The van der Waals surface area contributed by atoms with E-state index < -0.39 is 15.6 Å². The number of sulfonamides is 1. The average Bonchev–Trinajstić information content (AvgIpc) is 2.88. The summed E-state index contributed by atoms with van der Waals surface area (Å²) in [5, 5.41) is 12.3. The Kier molecular flexibility index (Phi) is 7.65. The normalized spacial score (nSPS) is 14.3. The third kappa shape index (κ3) is 5.79. The van der Waals surface area contributed by atoms with Gasteiger partial charge in [-0.3, -0.25) is 9.59 Å². The number of nitriles is 1. The molecule has 2 heterocycles. The standard InChI is InChI=1S/C24H23N5O4S2/c25-15-20-22(17-7-3-1-4-8-17)27-24(28-23(20)31)34-16-21(30)26-18-9-11-19(12-10-18)35(32,33)29-13-5-2-6-14-29/h1,3-4,7-12H,2,5-6,13-14,16H2,(H,26,30)(H,27,28,31). The number of carbonyl (C=O) groups is 1. The summed E-state index contributed by atoms with van der Waals surface area (Å²) >= 11 is 1.03. The van der Waals surface area contributed by atoms with Crippen LogP contribution in [0.1, 0.15) is 24.8 Å². The zero-order valence-electron chi connectivity index (χ0n) is 18.7. The maximum Gasteiger partial charge on any atom is 0.270 e. The van der Waals surface area contributed by atoms with Crippen molar-refractivity contribution in [2.24, 2.45) is 0 Å². The van der Waals surface area contributed by atoms with Crippen LogP contribution in [0.2, 0.25) is 0 Å². The van der Waals surface area contributed by atoms with E-state index in [9.17, 15) is 23.3 Å². The molecule has 9 nitrogen and oxygen atoms in total. The van der Waals surface area contributed by atoms with E-state index in [2.05, 4.69) is 15.3 Å². The van der Waals surface area contributed by atoms with E-state index in [4.69, 9.17) is 0 Å². The molecular formula is C24H23N5O4S2. The minimum atomic E-state index is -3.54. The van der Waals surface area contributed by atoms with Crippen LogP contribution in [-0.2, 0) is 14.8 Å². The second-order valence-electron chi connectivity index (χ2n) is 7.90. The Morgan fingerprint density at radius 1 is 1.09 bits per heavy atom. The molecule has 0 unspecified atom stereocenters. The van der Waals surface area contributed by atoms with Crippen LogP contribution in [0.25, 0.3) is 11.3 Å². The largest absolute Gasteiger partial charge is 0.325 e. The maximum absolute atomic E-state index is 12.8. The number of rotatable bonds is 7. The molecule has 0 bridgehead atoms. The summed E-state index contributed by atoms with van der Waals surface area (Å²) in [6.07, 6.45) is 2.75. The molecule has 1 aromatic heterocycles. The first kappa shape index (κ1) is 24.7. The van der Waals surface area contributed by atoms with Gasteiger partial charge in [-0.15, -0.1) is 0 Å². The molecule has 1 aliphatic heterocycles. The van der Waals surface area contributed by atoms with E-state index in [0.717, 1.165) is 31.0 Å². The molecule has 3 aromatic rings. The van der Waals surface area contributed by atoms with Crippen molar-refractivity contribution >= 4 is 33.4 Å². The monoisotopic (exact) mass is 509 g/mol. The number of aromatic amines is 1. The summed E-state index contributed by atoms with van der Waals surface area (Å²) in [5.74, 6) is -0.397. The minimum absolute atomic E-state index is 0.0447. The SMILES string of the molecule is N#Cc1c(-c2ccccc2)nc(SCC(=O)Nc2ccc(S(=O)(=O)N3CCCCC3)cc2)[nH]c1=O. The molecule has 0 saturated carbocycles. The maximum atomic E-state index is 12.8. The Morgan fingerprint density at radius 3 is 2.43 bits per heavy atom. The Balaban J connectivity index is 1.41. The quantitative estimate of drug-likeness (QED) is 0.369. The summed E-state index contributed by atoms with van der Waals surface area (Å²) in [5.41, 5.74) is 0.671. The summed E-state index contributed by atoms with van der Waals surface area (Å²) in [6, 6.07) is 16.8. The highest BCUT2D eigenvalue weighted by molar-refractivity contribution is 7.99. The van der Waals surface area contributed by atoms with Gasteiger partial charge in [0.15, 0.2) is 5.16 Å². The van der Waals surface area contributed by atoms with Gasteiger partial charge in [-0.2, -0.15) is 9.57 Å². The molecule has 1 amide bonds. The molecular weight excluding hydrogens is 486 g/mol. The van der Waals surface area contributed by atoms with Crippen molar-refractivity contribution in [1.82, 2.24) is 14.3 Å². The summed E-state index contributed by atoms with van der Waals surface area (Å²) in [7, 11) is -3.54. The highest BCUT2D eigenvalue weighted by Gasteiger charge is 2.25. The molecule has 0 radical (unpaired) electrons. The van der Waals surface area contributed by atoms with Crippen LogP contribution in [-0.4, -0.2) is 47.4 Å². The summed E-state index contributed by atoms with van der Waals surface area (Å²) < 4.78 is 27.0. The van der Waals surface area contributed by atoms with Gasteiger partial charge in [0, 0.05) is 24.3 Å². The Bertz CT molecular complexity index is 1410. The molecule has 11 heteroatoms. The molecule has 35 heavy (non-hydrogen) atoms. The number of hydrogen-bond acceptors (Lipinski definition) is 7. The van der Waals surface area contributed by atoms with Crippen LogP contribution in [0.5, 0.6) is 0 Å². The molecule has 0 aliphatic carbocycles. The molecule has 1 saturated heterocycles. The molecule has 4 rings (SSSR count). The minimum Gasteiger partial charge on any atom is -0.325 e. The van der Waals surface area contributed by atoms with Crippen molar-refractivity contribution in [2.45, 2.75) is 29.3 Å². The number of nitrogens with zero attached hydrogens (tertiary/aromatic N) is 3. The second kappa shape index (κ2) is 10.9. The predicted molar refractivity (Wildman–Crippen MR) is 133 cm³/mol. The van der Waals surface area contributed by atoms with Crippen LogP contribution >= 0.6 is 11.8 Å². The number of nitrogens with one attached hydrogen (secondary N) is 2. The van der Waals surface area contributed by atoms with Crippen molar-refractivity contribution in [2.75, 3.05) is 24.2 Å². The van der Waals surface area contributed by atoms with E-state index in [1.807, 2.05) is 12.1 Å². The van der Waals surface area contributed by atoms with Gasteiger partial charge in [-0.05, 0) is 37.1 Å². The number of aromatic nitrogens is 2. The van der Waals surface area contributed by atoms with Crippen LogP contribution < -0.4 is 10.9 Å². The first-order valence-corrected chi connectivity index (χ1v) is 13.4. The molecule has 2 N–H and O–H groups in total. The third-order valence-electron chi connectivity index (χ3n) is 5.49. The summed E-state index contributed by atoms with van der Waals surface area (Å²) in [4.78, 5) is 31.9. The Hall–Kier alpha value is -3.46. The van der Waals surface area contributed by atoms with E-state index in [1.54, 1.807) is 36.4 Å². The highest BCUT2D eigenvalue weighted by Crippen LogP contribution is 2.23. The number of carbonyl (C=O) groups excluding carboxylic acids is 1. The van der Waals surface area contributed by atoms with Gasteiger partial charge in [0.05, 0.1) is 16.3 Å². The number of piperidine rings is 1. The molecule has 1 aliphatic rings. The zero-order valence-corrected chi connectivity index (χ0v) is 20.4. The first-order valence-electron chi connectivity index (χ1n) is 11.0. The lowest BCUT2D eigenvalue weighted by Crippen LogP contribution is -2.35. The molecule has 0 spiro atoms. The third-order valence-corrected chi connectivity index (χ3v) is 8.27. The Labute approximate surface area is 207 Å². The topological polar surface area (TPSA) is 136 Å². The first-order chi connectivity index (χ1) is 16.9. The van der Waals surface area contributed by atoms with Crippen LogP contribution in [0.4, 0.5) is 5.69 Å². The molecule has 0 atom stereocenters. The van der Waals surface area contributed by atoms with Gasteiger partial charge in [0.25, 0.3) is 5.56 Å². The fraction of sp³-hybridized carbons (Fsp3) is 0.250. The van der Waals surface area contributed by atoms with E-state index in [0.29, 0.717) is 24.3 Å². The van der Waals surface area contributed by atoms with Crippen LogP contribution in [0.15, 0.2) is 69.4 Å². The van der Waals surface area contributed by atoms with Crippen LogP contribution in [0.3, 0.4) is 0 Å². The van der Waals surface area contributed by atoms with Gasteiger partial charge in [0.1, 0.15) is 11.6 Å². The number of amides is 1. The smallest absolute Gasteiger partial charge is 0.270 e. The lowest BCUT2D eigenvalue weighted by Gasteiger charge is -2.25. The fourth-order valence-corrected chi connectivity index (χ4v) is 5.90. The van der Waals surface area contributed by atoms with Crippen molar-refractivity contribution in [3.8, 4) is 17.3 Å². The highest BCUT2D eigenvalue weighted by atomic mass is 32.2. The van der Waals surface area contributed by atoms with Crippen molar-refractivity contribution in [1.29, 1.82) is 5.26 Å². The average molecular weight is 510 g/mol. The molecule has 1 fully saturated rings. The van der Waals surface area contributed by atoms with Gasteiger partial charge in [-0.1, -0.05) is 48.5 Å². The van der Waals surface area contributed by atoms with E-state index >= 15 is 0 Å². The Morgan fingerprint density at radius 2 is 1.77 bits per heavy atom. The van der Waals surface area contributed by atoms with E-state index in [1.165, 1.54) is 16.4 Å².